The predicted octanol–water partition coefficient (Wildman–Crippen LogP) is 3.35. The van der Waals surface area contributed by atoms with Crippen LogP contribution in [0.25, 0.3) is 0 Å². The minimum atomic E-state index is 0.316. The number of nitrogens with one attached hydrogen (secondary N) is 1. The molecule has 2 nitrogen and oxygen atoms in total. The summed E-state index contributed by atoms with van der Waals surface area (Å²) in [5.74, 6) is 1.54. The molecule has 0 saturated carbocycles. The zero-order chi connectivity index (χ0) is 9.84. The highest BCUT2D eigenvalue weighted by Crippen LogP contribution is 2.25. The summed E-state index contributed by atoms with van der Waals surface area (Å²) in [5.41, 5.74) is 0. The minimum absolute atomic E-state index is 0.316. The first-order valence-corrected chi connectivity index (χ1v) is 5.43. The van der Waals surface area contributed by atoms with Crippen molar-refractivity contribution in [2.75, 3.05) is 6.54 Å². The highest BCUT2D eigenvalue weighted by Gasteiger charge is 2.17. The topological polar surface area (TPSA) is 25.2 Å². The van der Waals surface area contributed by atoms with Crippen LogP contribution in [0.2, 0.25) is 0 Å². The highest BCUT2D eigenvalue weighted by atomic mass is 79.9. The maximum absolute atomic E-state index is 5.51. The largest absolute Gasteiger partial charge is 0.453 e. The lowest BCUT2D eigenvalue weighted by Gasteiger charge is -2.18. The van der Waals surface area contributed by atoms with Crippen molar-refractivity contribution in [1.82, 2.24) is 5.32 Å². The summed E-state index contributed by atoms with van der Waals surface area (Å²) in [6, 6.07) is 4.26. The molecule has 3 heteroatoms. The van der Waals surface area contributed by atoms with Crippen LogP contribution in [-0.4, -0.2) is 6.54 Å². The summed E-state index contributed by atoms with van der Waals surface area (Å²) in [4.78, 5) is 0. The molecule has 0 fully saturated rings. The molecule has 1 aromatic rings. The van der Waals surface area contributed by atoms with Crippen LogP contribution in [0.15, 0.2) is 21.2 Å². The summed E-state index contributed by atoms with van der Waals surface area (Å²) < 4.78 is 6.31. The van der Waals surface area contributed by atoms with Crippen molar-refractivity contribution in [2.45, 2.75) is 26.8 Å². The second kappa shape index (κ2) is 4.82. The van der Waals surface area contributed by atoms with Crippen LogP contribution >= 0.6 is 15.9 Å². The molecule has 0 aliphatic carbocycles. The molecule has 0 spiro atoms. The van der Waals surface area contributed by atoms with Gasteiger partial charge < -0.3 is 9.73 Å². The van der Waals surface area contributed by atoms with E-state index in [0.29, 0.717) is 12.0 Å². The molecule has 1 unspecified atom stereocenters. The number of furan rings is 1. The molecule has 1 heterocycles. The van der Waals surface area contributed by atoms with Crippen molar-refractivity contribution in [2.24, 2.45) is 5.92 Å². The van der Waals surface area contributed by atoms with Gasteiger partial charge in [0.1, 0.15) is 5.76 Å². The van der Waals surface area contributed by atoms with E-state index >= 15 is 0 Å². The number of hydrogen-bond donors (Lipinski definition) is 1. The summed E-state index contributed by atoms with van der Waals surface area (Å²) >= 11 is 3.31. The van der Waals surface area contributed by atoms with Crippen LogP contribution in [-0.2, 0) is 0 Å². The molecule has 1 N–H and O–H groups in total. The molecule has 0 aliphatic rings. The molecule has 1 rings (SSSR count). The normalized spacial score (nSPS) is 13.6. The Bertz CT molecular complexity index is 257. The van der Waals surface area contributed by atoms with E-state index in [1.165, 1.54) is 0 Å². The van der Waals surface area contributed by atoms with Gasteiger partial charge in [0, 0.05) is 0 Å². The molecule has 13 heavy (non-hydrogen) atoms. The fraction of sp³-hybridized carbons (Fsp3) is 0.600. The summed E-state index contributed by atoms with van der Waals surface area (Å²) in [6.07, 6.45) is 0. The number of halogens is 1. The molecule has 1 aromatic heterocycles. The molecule has 0 amide bonds. The molecular formula is C10H16BrNO. The van der Waals surface area contributed by atoms with Crippen LogP contribution in [0, 0.1) is 5.92 Å². The van der Waals surface area contributed by atoms with Gasteiger partial charge in [-0.25, -0.2) is 0 Å². The third-order valence-electron chi connectivity index (χ3n) is 1.99. The van der Waals surface area contributed by atoms with Crippen LogP contribution < -0.4 is 5.32 Å². The van der Waals surface area contributed by atoms with Gasteiger partial charge in [-0.05, 0) is 40.5 Å². The van der Waals surface area contributed by atoms with Crippen molar-refractivity contribution >= 4 is 15.9 Å². The van der Waals surface area contributed by atoms with Crippen molar-refractivity contribution < 1.29 is 4.42 Å². The molecule has 0 radical (unpaired) electrons. The van der Waals surface area contributed by atoms with Gasteiger partial charge in [-0.15, -0.1) is 0 Å². The molecule has 0 aromatic carbocycles. The summed E-state index contributed by atoms with van der Waals surface area (Å²) in [7, 11) is 0. The summed E-state index contributed by atoms with van der Waals surface area (Å²) in [6.45, 7) is 7.43. The van der Waals surface area contributed by atoms with Crippen molar-refractivity contribution in [3.8, 4) is 0 Å². The van der Waals surface area contributed by atoms with Gasteiger partial charge in [0.15, 0.2) is 4.67 Å². The van der Waals surface area contributed by atoms with Gasteiger partial charge in [0.05, 0.1) is 6.04 Å². The Morgan fingerprint density at radius 2 is 2.15 bits per heavy atom. The Kier molecular flexibility index (Phi) is 4.00. The van der Waals surface area contributed by atoms with E-state index in [-0.39, 0.29) is 0 Å². The van der Waals surface area contributed by atoms with E-state index in [1.807, 2.05) is 12.1 Å². The van der Waals surface area contributed by atoms with Gasteiger partial charge in [-0.2, -0.15) is 0 Å². The first-order chi connectivity index (χ1) is 6.15. The lowest BCUT2D eigenvalue weighted by Crippen LogP contribution is -2.24. The molecule has 0 bridgehead atoms. The fourth-order valence-electron chi connectivity index (χ4n) is 1.38. The molecular weight excluding hydrogens is 230 g/mol. The van der Waals surface area contributed by atoms with Gasteiger partial charge in [0.25, 0.3) is 0 Å². The average molecular weight is 246 g/mol. The molecule has 0 saturated heterocycles. The zero-order valence-corrected chi connectivity index (χ0v) is 9.89. The van der Waals surface area contributed by atoms with E-state index in [1.54, 1.807) is 0 Å². The van der Waals surface area contributed by atoms with E-state index in [2.05, 4.69) is 42.0 Å². The van der Waals surface area contributed by atoms with E-state index in [4.69, 9.17) is 4.42 Å². The van der Waals surface area contributed by atoms with Crippen molar-refractivity contribution in [3.63, 3.8) is 0 Å². The molecule has 0 aliphatic heterocycles. The maximum atomic E-state index is 5.51. The first-order valence-electron chi connectivity index (χ1n) is 4.63. The third kappa shape index (κ3) is 2.85. The second-order valence-electron chi connectivity index (χ2n) is 3.42. The first kappa shape index (κ1) is 10.8. The van der Waals surface area contributed by atoms with Crippen molar-refractivity contribution in [1.29, 1.82) is 0 Å². The SMILES string of the molecule is CCNC(c1ccc(Br)o1)C(C)C. The number of rotatable bonds is 4. The minimum Gasteiger partial charge on any atom is -0.453 e. The van der Waals surface area contributed by atoms with Gasteiger partial charge in [-0.3, -0.25) is 0 Å². The Balaban J connectivity index is 2.75. The lowest BCUT2D eigenvalue weighted by molar-refractivity contribution is 0.341. The quantitative estimate of drug-likeness (QED) is 0.881. The van der Waals surface area contributed by atoms with Crippen LogP contribution in [0.3, 0.4) is 0 Å². The van der Waals surface area contributed by atoms with Gasteiger partial charge in [0.2, 0.25) is 0 Å². The van der Waals surface area contributed by atoms with E-state index in [9.17, 15) is 0 Å². The Labute approximate surface area is 87.8 Å². The Morgan fingerprint density at radius 1 is 1.46 bits per heavy atom. The molecule has 74 valence electrons. The average Bonchev–Trinajstić information content (AvgIpc) is 2.46. The number of hydrogen-bond acceptors (Lipinski definition) is 2. The highest BCUT2D eigenvalue weighted by molar-refractivity contribution is 9.10. The summed E-state index contributed by atoms with van der Waals surface area (Å²) in [5, 5.41) is 3.40. The van der Waals surface area contributed by atoms with Gasteiger partial charge >= 0.3 is 0 Å². The lowest BCUT2D eigenvalue weighted by atomic mass is 10.0. The smallest absolute Gasteiger partial charge is 0.169 e. The fourth-order valence-corrected chi connectivity index (χ4v) is 1.70. The van der Waals surface area contributed by atoms with Gasteiger partial charge in [-0.1, -0.05) is 20.8 Å². The second-order valence-corrected chi connectivity index (χ2v) is 4.20. The van der Waals surface area contributed by atoms with Crippen LogP contribution in [0.4, 0.5) is 0 Å². The van der Waals surface area contributed by atoms with E-state index < -0.39 is 0 Å². The third-order valence-corrected chi connectivity index (χ3v) is 2.42. The van der Waals surface area contributed by atoms with Crippen molar-refractivity contribution in [3.05, 3.63) is 22.6 Å². The predicted molar refractivity (Wildman–Crippen MR) is 57.7 cm³/mol. The zero-order valence-electron chi connectivity index (χ0n) is 8.30. The van der Waals surface area contributed by atoms with Crippen LogP contribution in [0.5, 0.6) is 0 Å². The Morgan fingerprint density at radius 3 is 2.54 bits per heavy atom. The monoisotopic (exact) mass is 245 g/mol. The Hall–Kier alpha value is -0.280. The molecule has 1 atom stereocenters. The standard InChI is InChI=1S/C10H16BrNO/c1-4-12-10(7(2)3)8-5-6-9(11)13-8/h5-7,10,12H,4H2,1-3H3. The van der Waals surface area contributed by atoms with Crippen LogP contribution in [0.1, 0.15) is 32.6 Å². The van der Waals surface area contributed by atoms with E-state index in [0.717, 1.165) is 17.0 Å². The maximum Gasteiger partial charge on any atom is 0.169 e.